The molecule has 1 aliphatic carbocycles. The number of amides is 3. The summed E-state index contributed by atoms with van der Waals surface area (Å²) in [6.07, 6.45) is 2.68. The van der Waals surface area contributed by atoms with Crippen LogP contribution < -0.4 is 16.0 Å². The number of urea groups is 1. The maximum absolute atomic E-state index is 12.8. The molecule has 2 atom stereocenters. The molecule has 2 unspecified atom stereocenters. The van der Waals surface area contributed by atoms with E-state index < -0.39 is 5.41 Å². The lowest BCUT2D eigenvalue weighted by molar-refractivity contribution is -0.128. The lowest BCUT2D eigenvalue weighted by atomic mass is 9.81. The minimum atomic E-state index is -0.480. The summed E-state index contributed by atoms with van der Waals surface area (Å²) in [6, 6.07) is 6.92. The number of imide groups is 1. The number of benzene rings is 1. The Kier molecular flexibility index (Phi) is 3.01. The van der Waals surface area contributed by atoms with Crippen LogP contribution in [0.25, 0.3) is 0 Å². The number of nitrogens with one attached hydrogen (secondary N) is 1. The molecule has 1 aromatic carbocycles. The average molecular weight is 273 g/mol. The molecule has 2 fully saturated rings. The molecule has 5 nitrogen and oxygen atoms in total. The highest BCUT2D eigenvalue weighted by atomic mass is 16.2. The van der Waals surface area contributed by atoms with Crippen LogP contribution in [-0.2, 0) is 11.3 Å². The first-order valence-electron chi connectivity index (χ1n) is 7.00. The fraction of sp³-hybridized carbons (Fsp3) is 0.467. The van der Waals surface area contributed by atoms with Crippen LogP contribution >= 0.6 is 0 Å². The summed E-state index contributed by atoms with van der Waals surface area (Å²) in [7, 11) is 0. The molecule has 3 rings (SSSR count). The second-order valence-electron chi connectivity index (χ2n) is 5.83. The van der Waals surface area contributed by atoms with Gasteiger partial charge in [-0.2, -0.15) is 0 Å². The van der Waals surface area contributed by atoms with E-state index >= 15 is 0 Å². The summed E-state index contributed by atoms with van der Waals surface area (Å²) in [5, 5.41) is 2.97. The van der Waals surface area contributed by atoms with Crippen molar-refractivity contribution in [2.24, 2.45) is 11.1 Å². The molecule has 3 amide bonds. The SMILES string of the molecule is CC12CCCC1NC(=O)N(c1cccc(CN)c1)C2=O. The molecule has 3 N–H and O–H groups in total. The number of hydrogen-bond acceptors (Lipinski definition) is 3. The molecular weight excluding hydrogens is 254 g/mol. The van der Waals surface area contributed by atoms with Crippen LogP contribution in [-0.4, -0.2) is 18.0 Å². The fourth-order valence-corrected chi connectivity index (χ4v) is 3.27. The van der Waals surface area contributed by atoms with Crippen molar-refractivity contribution in [2.45, 2.75) is 38.8 Å². The Morgan fingerprint density at radius 2 is 2.25 bits per heavy atom. The second-order valence-corrected chi connectivity index (χ2v) is 5.83. The summed E-state index contributed by atoms with van der Waals surface area (Å²) in [5.41, 5.74) is 6.65. The Labute approximate surface area is 118 Å². The number of nitrogens with two attached hydrogens (primary N) is 1. The van der Waals surface area contributed by atoms with E-state index in [1.807, 2.05) is 19.1 Å². The average Bonchev–Trinajstić information content (AvgIpc) is 2.82. The maximum atomic E-state index is 12.8. The van der Waals surface area contributed by atoms with Gasteiger partial charge in [0.05, 0.1) is 11.1 Å². The highest BCUT2D eigenvalue weighted by Gasteiger charge is 2.53. The van der Waals surface area contributed by atoms with Crippen LogP contribution in [0.5, 0.6) is 0 Å². The molecule has 0 spiro atoms. The summed E-state index contributed by atoms with van der Waals surface area (Å²) in [5.74, 6) is -0.0991. The number of carbonyl (C=O) groups is 2. The number of nitrogens with zero attached hydrogens (tertiary/aromatic N) is 1. The zero-order chi connectivity index (χ0) is 14.3. The predicted molar refractivity (Wildman–Crippen MR) is 76.1 cm³/mol. The van der Waals surface area contributed by atoms with Gasteiger partial charge in [0.25, 0.3) is 0 Å². The summed E-state index contributed by atoms with van der Waals surface area (Å²) in [4.78, 5) is 26.3. The van der Waals surface area contributed by atoms with E-state index in [0.29, 0.717) is 12.2 Å². The molecule has 1 saturated carbocycles. The van der Waals surface area contributed by atoms with Gasteiger partial charge in [0.2, 0.25) is 5.91 Å². The fourth-order valence-electron chi connectivity index (χ4n) is 3.27. The molecule has 2 aliphatic rings. The molecular formula is C15H19N3O2. The lowest BCUT2D eigenvalue weighted by Crippen LogP contribution is -2.63. The van der Waals surface area contributed by atoms with E-state index in [-0.39, 0.29) is 18.0 Å². The molecule has 0 radical (unpaired) electrons. The standard InChI is InChI=1S/C15H19N3O2/c1-15-7-3-6-12(15)17-14(20)18(13(15)19)11-5-2-4-10(8-11)9-16/h2,4-5,8,12H,3,6-7,9,16H2,1H3,(H,17,20). The van der Waals surface area contributed by atoms with E-state index in [9.17, 15) is 9.59 Å². The number of carbonyl (C=O) groups excluding carboxylic acids is 2. The van der Waals surface area contributed by atoms with Gasteiger partial charge in [0.15, 0.2) is 0 Å². The van der Waals surface area contributed by atoms with Crippen molar-refractivity contribution in [2.75, 3.05) is 4.90 Å². The van der Waals surface area contributed by atoms with E-state index in [2.05, 4.69) is 5.32 Å². The van der Waals surface area contributed by atoms with E-state index in [1.54, 1.807) is 12.1 Å². The minimum Gasteiger partial charge on any atom is -0.334 e. The zero-order valence-corrected chi connectivity index (χ0v) is 11.6. The molecule has 106 valence electrons. The van der Waals surface area contributed by atoms with Gasteiger partial charge < -0.3 is 11.1 Å². The first-order chi connectivity index (χ1) is 9.56. The summed E-state index contributed by atoms with van der Waals surface area (Å²) < 4.78 is 0. The van der Waals surface area contributed by atoms with Crippen molar-refractivity contribution >= 4 is 17.6 Å². The first-order valence-corrected chi connectivity index (χ1v) is 7.00. The lowest BCUT2D eigenvalue weighted by Gasteiger charge is -2.40. The first kappa shape index (κ1) is 13.1. The Hall–Kier alpha value is -1.88. The second kappa shape index (κ2) is 4.59. The van der Waals surface area contributed by atoms with Gasteiger partial charge in [-0.05, 0) is 37.5 Å². The van der Waals surface area contributed by atoms with Gasteiger partial charge in [-0.15, -0.1) is 0 Å². The Bertz CT molecular complexity index is 572. The molecule has 0 aromatic heterocycles. The predicted octanol–water partition coefficient (Wildman–Crippen LogP) is 1.76. The number of fused-ring (bicyclic) bond motifs is 1. The quantitative estimate of drug-likeness (QED) is 0.862. The third kappa shape index (κ3) is 1.81. The molecule has 0 bridgehead atoms. The van der Waals surface area contributed by atoms with Crippen molar-refractivity contribution in [1.82, 2.24) is 5.32 Å². The van der Waals surface area contributed by atoms with Gasteiger partial charge >= 0.3 is 6.03 Å². The van der Waals surface area contributed by atoms with E-state index in [4.69, 9.17) is 5.73 Å². The van der Waals surface area contributed by atoms with Gasteiger partial charge in [-0.25, -0.2) is 9.69 Å². The van der Waals surface area contributed by atoms with Crippen LogP contribution in [0.4, 0.5) is 10.5 Å². The van der Waals surface area contributed by atoms with Crippen molar-refractivity contribution in [3.63, 3.8) is 0 Å². The Morgan fingerprint density at radius 3 is 3.00 bits per heavy atom. The molecule has 5 heteroatoms. The van der Waals surface area contributed by atoms with Crippen LogP contribution in [0, 0.1) is 5.41 Å². The Morgan fingerprint density at radius 1 is 1.45 bits per heavy atom. The van der Waals surface area contributed by atoms with Crippen LogP contribution in [0.15, 0.2) is 24.3 Å². The van der Waals surface area contributed by atoms with Gasteiger partial charge in [-0.3, -0.25) is 4.79 Å². The third-order valence-electron chi connectivity index (χ3n) is 4.55. The minimum absolute atomic E-state index is 0.0311. The molecule has 1 aliphatic heterocycles. The van der Waals surface area contributed by atoms with Crippen molar-refractivity contribution in [3.8, 4) is 0 Å². The van der Waals surface area contributed by atoms with Gasteiger partial charge in [0.1, 0.15) is 0 Å². The number of hydrogen-bond donors (Lipinski definition) is 2. The monoisotopic (exact) mass is 273 g/mol. The van der Waals surface area contributed by atoms with Crippen molar-refractivity contribution in [3.05, 3.63) is 29.8 Å². The highest BCUT2D eigenvalue weighted by Crippen LogP contribution is 2.43. The maximum Gasteiger partial charge on any atom is 0.329 e. The normalized spacial score (nSPS) is 29.3. The van der Waals surface area contributed by atoms with Crippen molar-refractivity contribution < 1.29 is 9.59 Å². The Balaban J connectivity index is 1.99. The third-order valence-corrected chi connectivity index (χ3v) is 4.55. The largest absolute Gasteiger partial charge is 0.334 e. The molecule has 1 heterocycles. The van der Waals surface area contributed by atoms with Crippen LogP contribution in [0.3, 0.4) is 0 Å². The van der Waals surface area contributed by atoms with Crippen LogP contribution in [0.1, 0.15) is 31.7 Å². The van der Waals surface area contributed by atoms with Crippen molar-refractivity contribution in [1.29, 1.82) is 0 Å². The highest BCUT2D eigenvalue weighted by molar-refractivity contribution is 6.18. The van der Waals surface area contributed by atoms with Crippen LogP contribution in [0.2, 0.25) is 0 Å². The van der Waals surface area contributed by atoms with E-state index in [0.717, 1.165) is 24.8 Å². The topological polar surface area (TPSA) is 75.4 Å². The zero-order valence-electron chi connectivity index (χ0n) is 11.6. The summed E-state index contributed by atoms with van der Waals surface area (Å²) >= 11 is 0. The number of rotatable bonds is 2. The van der Waals surface area contributed by atoms with E-state index in [1.165, 1.54) is 4.90 Å². The smallest absolute Gasteiger partial charge is 0.329 e. The number of anilines is 1. The van der Waals surface area contributed by atoms with Gasteiger partial charge in [-0.1, -0.05) is 18.6 Å². The molecule has 1 aromatic rings. The molecule has 20 heavy (non-hydrogen) atoms. The summed E-state index contributed by atoms with van der Waals surface area (Å²) in [6.45, 7) is 2.34. The molecule has 1 saturated heterocycles. The van der Waals surface area contributed by atoms with Gasteiger partial charge in [0, 0.05) is 12.6 Å².